The van der Waals surface area contributed by atoms with Crippen LogP contribution < -0.4 is 0 Å². The van der Waals surface area contributed by atoms with E-state index in [1.165, 1.54) is 7.11 Å². The third kappa shape index (κ3) is 20.0. The largest absolute Gasteiger partial charge is 0.479 e. The van der Waals surface area contributed by atoms with Crippen LogP contribution in [0, 0.1) is 0 Å². The van der Waals surface area contributed by atoms with E-state index in [1.807, 2.05) is 36.4 Å². The highest BCUT2D eigenvalue weighted by atomic mass is 16.8. The lowest BCUT2D eigenvalue weighted by Gasteiger charge is -2.51. The number of carboxylic acids is 2. The topological polar surface area (TPSA) is 470 Å². The molecule has 0 bridgehead atoms. The summed E-state index contributed by atoms with van der Waals surface area (Å²) in [5.74, 6) is -3.44. The minimum atomic E-state index is -2.23. The van der Waals surface area contributed by atoms with Crippen LogP contribution in [0.5, 0.6) is 0 Å². The van der Waals surface area contributed by atoms with E-state index < -0.39 is 185 Å². The summed E-state index contributed by atoms with van der Waals surface area (Å²) >= 11 is 0. The summed E-state index contributed by atoms with van der Waals surface area (Å²) in [7, 11) is 1.27. The molecular weight excluding hydrogens is 1400 g/mol. The number of nitrogens with zero attached hydrogens (tertiary/aromatic N) is 9. The number of benzene rings is 6. The first-order chi connectivity index (χ1) is 52.3. The Bertz CT molecular complexity index is 3870. The highest BCUT2D eigenvalue weighted by molar-refractivity contribution is 5.74. The van der Waals surface area contributed by atoms with Gasteiger partial charge in [-0.3, -0.25) is 0 Å². The fraction of sp³-hybridized carbons (Fsp3) is 0.479. The van der Waals surface area contributed by atoms with Gasteiger partial charge in [0, 0.05) is 21.8 Å². The van der Waals surface area contributed by atoms with Gasteiger partial charge in [-0.25, -0.2) is 9.59 Å². The summed E-state index contributed by atoms with van der Waals surface area (Å²) < 4.78 is 102. The monoisotopic (exact) mass is 1490 g/mol. The third-order valence-corrected chi connectivity index (χ3v) is 18.6. The molecule has 25 atom stereocenters. The zero-order chi connectivity index (χ0) is 75.2. The molecule has 0 spiro atoms. The Labute approximate surface area is 612 Å². The molecule has 5 fully saturated rings. The lowest BCUT2D eigenvalue weighted by molar-refractivity contribution is -0.382. The molecule has 0 aromatic heterocycles. The molecule has 0 amide bonds. The smallest absolute Gasteiger partial charge is 0.335 e. The highest BCUT2D eigenvalue weighted by Gasteiger charge is 2.60. The number of ether oxygens (including phenoxy) is 16. The number of aliphatic carboxylic acids is 2. The number of hydrogen-bond acceptors (Lipinski definition) is 26. The maximum Gasteiger partial charge on any atom is 0.335 e. The molecule has 5 heterocycles. The molecule has 0 aliphatic carbocycles. The van der Waals surface area contributed by atoms with Gasteiger partial charge in [-0.2, -0.15) is 0 Å². The molecule has 11 rings (SSSR count). The van der Waals surface area contributed by atoms with Crippen LogP contribution in [0.4, 0.5) is 0 Å². The lowest BCUT2D eigenvalue weighted by atomic mass is 9.93. The first-order valence-corrected chi connectivity index (χ1v) is 34.4. The summed E-state index contributed by atoms with van der Waals surface area (Å²) in [5, 5.41) is 93.1. The van der Waals surface area contributed by atoms with Crippen LogP contribution in [0.1, 0.15) is 33.4 Å². The van der Waals surface area contributed by atoms with Gasteiger partial charge in [-0.1, -0.05) is 197 Å². The standard InChI is InChI=1S/C73H83N9O25/c1-92-69-51(78-81-75)59(95-37-43-24-12-4-13-25-43)57(49(34-85)99-69)103-72-54(87)60(96-38-44-26-14-5-15-27-44)62(64(106-72)67(88)89)104-70-50(77-80-74)53(86)55(47(32-83)100-70)102-73-66(98-40-46-30-18-7-19-31-46)61(97-39-45-28-16-6-17-29-45)63(65(107-73)68(90)91)105-71-52(79-82-76)58(94-36-42-22-10-3-11-23-42)56(48(33-84)101-71)93-35-41-20-8-2-9-21-41/h2-31,47-66,69-73,83-87H,32-40H2,1H3,(H,88,89)(H,90,91)/t47-,48+,49+,50-,51+,52+,53-,54-,55?,56+,57+,58+,59+,60-,61+,62+,63+,64?,65+,66-,69-,70-,71+,72-,73-/m1/s1. The molecule has 6 aromatic carbocycles. The van der Waals surface area contributed by atoms with Crippen molar-refractivity contribution in [3.05, 3.63) is 247 Å². The van der Waals surface area contributed by atoms with Gasteiger partial charge in [0.05, 0.1) is 65.6 Å². The lowest BCUT2D eigenvalue weighted by Crippen LogP contribution is -2.69. The van der Waals surface area contributed by atoms with E-state index in [-0.39, 0.29) is 39.6 Å². The van der Waals surface area contributed by atoms with Crippen molar-refractivity contribution in [2.24, 2.45) is 15.3 Å². The van der Waals surface area contributed by atoms with E-state index in [4.69, 9.17) is 75.8 Å². The molecule has 7 N–H and O–H groups in total. The van der Waals surface area contributed by atoms with Crippen molar-refractivity contribution in [2.45, 2.75) is 193 Å². The van der Waals surface area contributed by atoms with Crippen molar-refractivity contribution < 1.29 is 121 Å². The van der Waals surface area contributed by atoms with Crippen LogP contribution in [0.25, 0.3) is 31.3 Å². The first-order valence-electron chi connectivity index (χ1n) is 34.4. The van der Waals surface area contributed by atoms with Gasteiger partial charge >= 0.3 is 11.9 Å². The van der Waals surface area contributed by atoms with E-state index in [0.717, 1.165) is 5.56 Å². The van der Waals surface area contributed by atoms with Gasteiger partial charge in [0.2, 0.25) is 0 Å². The minimum Gasteiger partial charge on any atom is -0.479 e. The maximum atomic E-state index is 14.1. The van der Waals surface area contributed by atoms with Crippen LogP contribution in [0.3, 0.4) is 0 Å². The van der Waals surface area contributed by atoms with Crippen molar-refractivity contribution in [1.29, 1.82) is 0 Å². The Hall–Kier alpha value is -8.65. The van der Waals surface area contributed by atoms with Crippen molar-refractivity contribution in [3.8, 4) is 0 Å². The van der Waals surface area contributed by atoms with Crippen LogP contribution in [-0.4, -0.2) is 228 Å². The van der Waals surface area contributed by atoms with Crippen molar-refractivity contribution >= 4 is 11.9 Å². The number of carbonyl (C=O) groups is 2. The number of rotatable bonds is 35. The summed E-state index contributed by atoms with van der Waals surface area (Å²) in [4.78, 5) is 36.9. The van der Waals surface area contributed by atoms with Crippen LogP contribution in [0.15, 0.2) is 197 Å². The highest BCUT2D eigenvalue weighted by Crippen LogP contribution is 2.41. The number of hydrogen-bond donors (Lipinski definition) is 7. The second-order valence-electron chi connectivity index (χ2n) is 25.5. The van der Waals surface area contributed by atoms with E-state index in [2.05, 4.69) is 30.1 Å². The van der Waals surface area contributed by atoms with Crippen LogP contribution in [0.2, 0.25) is 0 Å². The van der Waals surface area contributed by atoms with E-state index in [0.29, 0.717) is 27.8 Å². The number of aliphatic hydroxyl groups excluding tert-OH is 5. The fourth-order valence-corrected chi connectivity index (χ4v) is 13.3. The Kier molecular flexibility index (Phi) is 29.3. The number of azide groups is 3. The van der Waals surface area contributed by atoms with E-state index in [1.54, 1.807) is 146 Å². The maximum absolute atomic E-state index is 14.1. The number of carboxylic acid groups (broad SMARTS) is 2. The molecule has 34 nitrogen and oxygen atoms in total. The molecule has 0 saturated carbocycles. The molecule has 107 heavy (non-hydrogen) atoms. The van der Waals surface area contributed by atoms with E-state index >= 15 is 0 Å². The first kappa shape index (κ1) is 79.4. The average Bonchev–Trinajstić information content (AvgIpc) is 0.765. The molecular formula is C73H83N9O25. The summed E-state index contributed by atoms with van der Waals surface area (Å²) in [6.07, 6.45) is -38.5. The van der Waals surface area contributed by atoms with Gasteiger partial charge in [0.15, 0.2) is 43.7 Å². The number of aliphatic hydroxyl groups is 5. The van der Waals surface area contributed by atoms with E-state index in [9.17, 15) is 61.9 Å². The Balaban J connectivity index is 0.913. The zero-order valence-electron chi connectivity index (χ0n) is 57.6. The molecule has 5 aliphatic heterocycles. The Morgan fingerprint density at radius 2 is 0.645 bits per heavy atom. The second-order valence-corrected chi connectivity index (χ2v) is 25.5. The van der Waals surface area contributed by atoms with Gasteiger partial charge < -0.3 is 112 Å². The quantitative estimate of drug-likeness (QED) is 0.0132. The second kappa shape index (κ2) is 39.5. The normalized spacial score (nSPS) is 32.8. The molecule has 34 heteroatoms. The molecule has 6 aromatic rings. The van der Waals surface area contributed by atoms with Crippen LogP contribution in [-0.2, 0) is 125 Å². The molecule has 0 radical (unpaired) electrons. The zero-order valence-corrected chi connectivity index (χ0v) is 57.6. The van der Waals surface area contributed by atoms with Gasteiger partial charge in [-0.15, -0.1) is 0 Å². The van der Waals surface area contributed by atoms with Crippen molar-refractivity contribution in [1.82, 2.24) is 0 Å². The molecule has 5 aliphatic rings. The number of methoxy groups -OCH3 is 1. The molecule has 2 unspecified atom stereocenters. The summed E-state index contributed by atoms with van der Waals surface area (Å²) in [6.45, 7) is -3.62. The van der Waals surface area contributed by atoms with Gasteiger partial charge in [-0.05, 0) is 50.0 Å². The Morgan fingerprint density at radius 3 is 1.05 bits per heavy atom. The summed E-state index contributed by atoms with van der Waals surface area (Å²) in [6, 6.07) is 47.9. The third-order valence-electron chi connectivity index (χ3n) is 18.6. The van der Waals surface area contributed by atoms with Crippen LogP contribution >= 0.6 is 0 Å². The summed E-state index contributed by atoms with van der Waals surface area (Å²) in [5.41, 5.74) is 34.1. The van der Waals surface area contributed by atoms with Crippen molar-refractivity contribution in [2.75, 3.05) is 26.9 Å². The van der Waals surface area contributed by atoms with Crippen molar-refractivity contribution in [3.63, 3.8) is 0 Å². The van der Waals surface area contributed by atoms with Gasteiger partial charge in [0.1, 0.15) is 104 Å². The Morgan fingerprint density at radius 1 is 0.346 bits per heavy atom. The predicted octanol–water partition coefficient (Wildman–Crippen LogP) is 6.22. The predicted molar refractivity (Wildman–Crippen MR) is 367 cm³/mol. The SMILES string of the molecule is CO[C@@H]1O[C@@H](CO)[C@H](O[C@@H]2OC(C(=O)O)[C@@H](O[C@H]3O[C@H](CO)C(O[C@@H]4O[C@H](C(=O)O)[C@@H](O[C@@H]5O[C@@H](CO)[C@H](OCc6ccccc6)[C@@H](OCc6ccccc6)[C@@H]5N=[N+]=[N-])[C@H](OCc5ccccc5)[C@H]4OCc4ccccc4)[C@H](O)[C@H]3N=[N+]=[N-])[C@H](OCc3ccccc3)[C@H]2O)[C@@H](OCc2ccccc2)[C@@H]1N=[N+]=[N-]. The molecule has 570 valence electrons. The average molecular weight is 1490 g/mol. The molecule has 5 saturated heterocycles. The fourth-order valence-electron chi connectivity index (χ4n) is 13.3. The minimum absolute atomic E-state index is 0.0138. The van der Waals surface area contributed by atoms with Gasteiger partial charge in [0.25, 0.3) is 0 Å².